The summed E-state index contributed by atoms with van der Waals surface area (Å²) in [4.78, 5) is 26.9. The molecule has 2 aromatic rings. The Morgan fingerprint density at radius 3 is 2.96 bits per heavy atom. The predicted octanol–water partition coefficient (Wildman–Crippen LogP) is 1.35. The molecule has 1 aliphatic rings. The van der Waals surface area contributed by atoms with Gasteiger partial charge in [-0.05, 0) is 6.42 Å². The molecular weight excluding hydrogens is 330 g/mol. The Morgan fingerprint density at radius 1 is 1.42 bits per heavy atom. The van der Waals surface area contributed by atoms with E-state index < -0.39 is 0 Å². The molecule has 0 bridgehead atoms. The van der Waals surface area contributed by atoms with Crippen molar-refractivity contribution in [3.8, 4) is 5.88 Å². The number of aromatic nitrogens is 3. The largest absolute Gasteiger partial charge is 0.467 e. The second kappa shape index (κ2) is 8.02. The normalized spacial score (nSPS) is 14.5. The molecule has 1 fully saturated rings. The zero-order valence-corrected chi connectivity index (χ0v) is 14.2. The number of nitrogens with one attached hydrogen (secondary N) is 1. The summed E-state index contributed by atoms with van der Waals surface area (Å²) in [6.45, 7) is 4.71. The Kier molecular flexibility index (Phi) is 5.55. The van der Waals surface area contributed by atoms with Gasteiger partial charge < -0.3 is 14.4 Å². The van der Waals surface area contributed by atoms with Crippen LogP contribution in [0.15, 0.2) is 17.6 Å². The third-order valence-electron chi connectivity index (χ3n) is 3.43. The number of morpholine rings is 1. The van der Waals surface area contributed by atoms with Crippen molar-refractivity contribution in [3.05, 3.63) is 23.3 Å². The Morgan fingerprint density at radius 2 is 2.25 bits per heavy atom. The van der Waals surface area contributed by atoms with Crippen LogP contribution in [0.5, 0.6) is 5.88 Å². The van der Waals surface area contributed by atoms with Gasteiger partial charge in [0, 0.05) is 36.4 Å². The molecule has 0 atom stereocenters. The van der Waals surface area contributed by atoms with Crippen LogP contribution in [0.25, 0.3) is 0 Å². The van der Waals surface area contributed by atoms with E-state index in [1.165, 1.54) is 11.3 Å². The van der Waals surface area contributed by atoms with E-state index in [4.69, 9.17) is 9.47 Å². The number of ether oxygens (including phenoxy) is 2. The lowest BCUT2D eigenvalue weighted by Crippen LogP contribution is -2.37. The van der Waals surface area contributed by atoms with Gasteiger partial charge in [-0.3, -0.25) is 10.1 Å². The molecule has 0 aromatic carbocycles. The van der Waals surface area contributed by atoms with E-state index in [1.54, 1.807) is 17.6 Å². The topological polar surface area (TPSA) is 89.5 Å². The maximum Gasteiger partial charge on any atom is 0.264 e. The molecule has 1 N–H and O–H groups in total. The molecule has 0 radical (unpaired) electrons. The summed E-state index contributed by atoms with van der Waals surface area (Å²) in [5.74, 6) is 0.750. The lowest BCUT2D eigenvalue weighted by molar-refractivity contribution is -0.118. The van der Waals surface area contributed by atoms with Crippen LogP contribution in [0, 0.1) is 0 Å². The minimum absolute atomic E-state index is 0.123. The number of carbonyl (C=O) groups excluding carboxylic acids is 1. The first kappa shape index (κ1) is 16.6. The fraction of sp³-hybridized carbons (Fsp3) is 0.467. The van der Waals surface area contributed by atoms with E-state index in [-0.39, 0.29) is 12.5 Å². The zero-order chi connectivity index (χ0) is 16.8. The lowest BCUT2D eigenvalue weighted by Gasteiger charge is -2.27. The fourth-order valence-electron chi connectivity index (χ4n) is 2.20. The van der Waals surface area contributed by atoms with Gasteiger partial charge in [0.25, 0.3) is 5.91 Å². The molecule has 0 spiro atoms. The smallest absolute Gasteiger partial charge is 0.264 e. The average molecular weight is 349 g/mol. The Labute approximate surface area is 143 Å². The summed E-state index contributed by atoms with van der Waals surface area (Å²) >= 11 is 1.36. The van der Waals surface area contributed by atoms with Crippen molar-refractivity contribution in [1.29, 1.82) is 0 Å². The third kappa shape index (κ3) is 4.39. The highest BCUT2D eigenvalue weighted by Gasteiger charge is 2.16. The molecule has 1 saturated heterocycles. The number of anilines is 2. The first-order valence-corrected chi connectivity index (χ1v) is 8.65. The van der Waals surface area contributed by atoms with Crippen LogP contribution in [0.1, 0.15) is 12.6 Å². The van der Waals surface area contributed by atoms with E-state index in [0.717, 1.165) is 25.2 Å². The summed E-state index contributed by atoms with van der Waals surface area (Å²) < 4.78 is 10.9. The molecular formula is C15H19N5O3S. The number of hydrogen-bond donors (Lipinski definition) is 1. The first-order valence-electron chi connectivity index (χ1n) is 7.77. The van der Waals surface area contributed by atoms with Crippen LogP contribution in [-0.2, 0) is 16.0 Å². The first-order chi connectivity index (χ1) is 11.7. The van der Waals surface area contributed by atoms with Gasteiger partial charge >= 0.3 is 0 Å². The molecule has 2 aromatic heterocycles. The van der Waals surface area contributed by atoms with Gasteiger partial charge in [-0.1, -0.05) is 6.92 Å². The van der Waals surface area contributed by atoms with Crippen molar-refractivity contribution < 1.29 is 14.3 Å². The highest BCUT2D eigenvalue weighted by atomic mass is 32.1. The van der Waals surface area contributed by atoms with Crippen LogP contribution in [0.3, 0.4) is 0 Å². The van der Waals surface area contributed by atoms with E-state index in [1.807, 2.05) is 6.92 Å². The number of rotatable bonds is 6. The minimum Gasteiger partial charge on any atom is -0.467 e. The molecule has 8 nitrogen and oxygen atoms in total. The second-order valence-electron chi connectivity index (χ2n) is 5.12. The van der Waals surface area contributed by atoms with Gasteiger partial charge in [0.05, 0.1) is 13.2 Å². The lowest BCUT2D eigenvalue weighted by atomic mass is 10.3. The zero-order valence-electron chi connectivity index (χ0n) is 13.4. The summed E-state index contributed by atoms with van der Waals surface area (Å²) in [7, 11) is 0. The van der Waals surface area contributed by atoms with Crippen molar-refractivity contribution in [1.82, 2.24) is 15.0 Å². The van der Waals surface area contributed by atoms with Gasteiger partial charge in [0.1, 0.15) is 0 Å². The summed E-state index contributed by atoms with van der Waals surface area (Å²) in [5, 5.41) is 5.02. The van der Waals surface area contributed by atoms with E-state index >= 15 is 0 Å². The van der Waals surface area contributed by atoms with Crippen LogP contribution in [-0.4, -0.2) is 53.8 Å². The van der Waals surface area contributed by atoms with E-state index in [2.05, 4.69) is 25.2 Å². The van der Waals surface area contributed by atoms with Crippen LogP contribution in [0.2, 0.25) is 0 Å². The molecule has 1 aliphatic heterocycles. The number of aryl methyl sites for hydroxylation is 1. The SMILES string of the molecule is CCc1cc(OCC(=O)Nc2nccs2)nc(N2CCOCC2)n1. The number of hydrogen-bond acceptors (Lipinski definition) is 8. The van der Waals surface area contributed by atoms with Crippen LogP contribution < -0.4 is 15.0 Å². The molecule has 24 heavy (non-hydrogen) atoms. The standard InChI is InChI=1S/C15H19N5O3S/c1-2-11-9-13(19-14(17-11)20-4-6-22-7-5-20)23-10-12(21)18-15-16-3-8-24-15/h3,8-9H,2,4-7,10H2,1H3,(H,16,18,21). The molecule has 9 heteroatoms. The van der Waals surface area contributed by atoms with E-state index in [9.17, 15) is 4.79 Å². The van der Waals surface area contributed by atoms with Crippen molar-refractivity contribution in [3.63, 3.8) is 0 Å². The Balaban J connectivity index is 1.64. The van der Waals surface area contributed by atoms with Crippen LogP contribution >= 0.6 is 11.3 Å². The van der Waals surface area contributed by atoms with Crippen molar-refractivity contribution >= 4 is 28.3 Å². The summed E-state index contributed by atoms with van der Waals surface area (Å²) in [5.41, 5.74) is 0.877. The molecule has 3 rings (SSSR count). The van der Waals surface area contributed by atoms with Gasteiger partial charge in [0.15, 0.2) is 11.7 Å². The quantitative estimate of drug-likeness (QED) is 0.842. The second-order valence-corrected chi connectivity index (χ2v) is 6.02. The van der Waals surface area contributed by atoms with Gasteiger partial charge in [-0.2, -0.15) is 4.98 Å². The van der Waals surface area contributed by atoms with Gasteiger partial charge in [-0.25, -0.2) is 9.97 Å². The number of carbonyl (C=O) groups is 1. The third-order valence-corrected chi connectivity index (χ3v) is 4.12. The molecule has 0 unspecified atom stereocenters. The summed E-state index contributed by atoms with van der Waals surface area (Å²) in [6, 6.07) is 1.76. The Hall–Kier alpha value is -2.26. The van der Waals surface area contributed by atoms with Gasteiger partial charge in [-0.15, -0.1) is 11.3 Å². The number of thiazole rings is 1. The monoisotopic (exact) mass is 349 g/mol. The maximum absolute atomic E-state index is 11.9. The maximum atomic E-state index is 11.9. The molecule has 0 saturated carbocycles. The average Bonchev–Trinajstić information content (AvgIpc) is 3.13. The highest BCUT2D eigenvalue weighted by Crippen LogP contribution is 2.17. The van der Waals surface area contributed by atoms with Crippen molar-refractivity contribution in [2.24, 2.45) is 0 Å². The molecule has 3 heterocycles. The summed E-state index contributed by atoms with van der Waals surface area (Å²) in [6.07, 6.45) is 2.40. The van der Waals surface area contributed by atoms with Crippen LogP contribution in [0.4, 0.5) is 11.1 Å². The van der Waals surface area contributed by atoms with Crippen molar-refractivity contribution in [2.75, 3.05) is 43.1 Å². The molecule has 128 valence electrons. The predicted molar refractivity (Wildman–Crippen MR) is 90.7 cm³/mol. The molecule has 1 amide bonds. The highest BCUT2D eigenvalue weighted by molar-refractivity contribution is 7.13. The Bertz CT molecular complexity index is 674. The van der Waals surface area contributed by atoms with E-state index in [0.29, 0.717) is 30.2 Å². The number of nitrogens with zero attached hydrogens (tertiary/aromatic N) is 4. The number of amides is 1. The fourth-order valence-corrected chi connectivity index (χ4v) is 2.74. The van der Waals surface area contributed by atoms with Gasteiger partial charge in [0.2, 0.25) is 11.8 Å². The molecule has 0 aliphatic carbocycles. The minimum atomic E-state index is -0.269. The van der Waals surface area contributed by atoms with Crippen molar-refractivity contribution in [2.45, 2.75) is 13.3 Å².